The van der Waals surface area contributed by atoms with Gasteiger partial charge in [0.25, 0.3) is 11.7 Å². The van der Waals surface area contributed by atoms with E-state index < -0.39 is 23.1 Å². The molecule has 0 atom stereocenters. The van der Waals surface area contributed by atoms with E-state index in [4.69, 9.17) is 34.8 Å². The summed E-state index contributed by atoms with van der Waals surface area (Å²) in [5.74, 6) is 0. The largest absolute Gasteiger partial charge is 0.280 e. The predicted molar refractivity (Wildman–Crippen MR) is 49.4 cm³/mol. The normalized spacial score (nSPS) is 10.7. The highest BCUT2D eigenvalue weighted by Crippen LogP contribution is 2.29. The highest BCUT2D eigenvalue weighted by molar-refractivity contribution is 6.68. The van der Waals surface area contributed by atoms with Crippen LogP contribution in [0.15, 0.2) is 6.07 Å². The Hall–Kier alpha value is -0.450. The molecule has 76 valence electrons. The number of halogens is 5. The molecule has 0 saturated carbocycles. The third kappa shape index (κ3) is 2.32. The lowest BCUT2D eigenvalue weighted by Crippen LogP contribution is -2.01. The van der Waals surface area contributed by atoms with Crippen molar-refractivity contribution in [1.29, 1.82) is 0 Å². The zero-order valence-electron chi connectivity index (χ0n) is 6.40. The molecule has 0 N–H and O–H groups in total. The second-order valence-corrected chi connectivity index (χ2v) is 3.39. The number of carbonyl (C=O) groups is 1. The molecule has 2 nitrogen and oxygen atoms in total. The van der Waals surface area contributed by atoms with Gasteiger partial charge in [-0.3, -0.25) is 4.79 Å². The minimum Gasteiger partial charge on any atom is -0.274 e. The number of alkyl halides is 2. The number of hydrogen-bond acceptors (Lipinski definition) is 2. The molecular weight excluding hydrogens is 258 g/mol. The molecule has 0 bridgehead atoms. The third-order valence-corrected chi connectivity index (χ3v) is 2.30. The molecule has 0 saturated heterocycles. The molecule has 0 radical (unpaired) electrons. The van der Waals surface area contributed by atoms with E-state index in [1.807, 2.05) is 0 Å². The Morgan fingerprint density at radius 3 is 2.43 bits per heavy atom. The van der Waals surface area contributed by atoms with E-state index in [2.05, 4.69) is 4.98 Å². The molecule has 0 aliphatic rings. The zero-order chi connectivity index (χ0) is 10.9. The van der Waals surface area contributed by atoms with Crippen molar-refractivity contribution in [2.45, 2.75) is 6.43 Å². The topological polar surface area (TPSA) is 30.0 Å². The van der Waals surface area contributed by atoms with E-state index in [1.54, 1.807) is 0 Å². The van der Waals surface area contributed by atoms with Gasteiger partial charge in [0.1, 0.15) is 11.4 Å². The van der Waals surface area contributed by atoms with Gasteiger partial charge in [0.05, 0.1) is 10.0 Å². The first kappa shape index (κ1) is 11.6. The van der Waals surface area contributed by atoms with Crippen LogP contribution in [-0.2, 0) is 0 Å². The average Bonchev–Trinajstić information content (AvgIpc) is 2.08. The summed E-state index contributed by atoms with van der Waals surface area (Å²) in [6.45, 7) is 0. The Morgan fingerprint density at radius 2 is 2.00 bits per heavy atom. The van der Waals surface area contributed by atoms with Gasteiger partial charge in [0.2, 0.25) is 0 Å². The Balaban J connectivity index is 3.35. The van der Waals surface area contributed by atoms with Crippen LogP contribution in [0.25, 0.3) is 0 Å². The van der Waals surface area contributed by atoms with E-state index in [9.17, 15) is 13.6 Å². The van der Waals surface area contributed by atoms with Crippen molar-refractivity contribution in [1.82, 2.24) is 4.98 Å². The van der Waals surface area contributed by atoms with Crippen molar-refractivity contribution in [2.75, 3.05) is 0 Å². The smallest absolute Gasteiger partial charge is 0.274 e. The van der Waals surface area contributed by atoms with Gasteiger partial charge in [0, 0.05) is 0 Å². The fraction of sp³-hybridized carbons (Fsp3) is 0.143. The molecule has 0 unspecified atom stereocenters. The molecule has 0 spiro atoms. The lowest BCUT2D eigenvalue weighted by Gasteiger charge is -2.04. The zero-order valence-corrected chi connectivity index (χ0v) is 8.67. The van der Waals surface area contributed by atoms with Gasteiger partial charge in [-0.1, -0.05) is 23.2 Å². The van der Waals surface area contributed by atoms with Crippen LogP contribution >= 0.6 is 34.8 Å². The van der Waals surface area contributed by atoms with E-state index in [-0.39, 0.29) is 10.0 Å². The minimum atomic E-state index is -2.83. The first-order valence-electron chi connectivity index (χ1n) is 3.27. The fourth-order valence-electron chi connectivity index (χ4n) is 0.759. The number of aromatic nitrogens is 1. The van der Waals surface area contributed by atoms with Gasteiger partial charge in [-0.2, -0.15) is 0 Å². The van der Waals surface area contributed by atoms with Crippen LogP contribution < -0.4 is 0 Å². The van der Waals surface area contributed by atoms with Crippen LogP contribution in [0, 0.1) is 0 Å². The summed E-state index contributed by atoms with van der Waals surface area (Å²) in [5, 5.41) is -1.43. The Morgan fingerprint density at radius 1 is 1.43 bits per heavy atom. The maximum atomic E-state index is 12.2. The fourth-order valence-corrected chi connectivity index (χ4v) is 1.33. The van der Waals surface area contributed by atoms with Crippen LogP contribution in [0.3, 0.4) is 0 Å². The second kappa shape index (κ2) is 4.38. The van der Waals surface area contributed by atoms with Crippen molar-refractivity contribution in [3.8, 4) is 0 Å². The number of pyridine rings is 1. The van der Waals surface area contributed by atoms with Crippen molar-refractivity contribution < 1.29 is 13.6 Å². The Kier molecular flexibility index (Phi) is 3.64. The van der Waals surface area contributed by atoms with Gasteiger partial charge in [0.15, 0.2) is 0 Å². The van der Waals surface area contributed by atoms with Crippen molar-refractivity contribution in [2.24, 2.45) is 0 Å². The number of carbonyl (C=O) groups excluding carboxylic acids is 1. The highest BCUT2D eigenvalue weighted by atomic mass is 35.5. The summed E-state index contributed by atoms with van der Waals surface area (Å²) in [6, 6.07) is 0.887. The molecule has 0 aliphatic heterocycles. The van der Waals surface area contributed by atoms with E-state index in [1.165, 1.54) is 0 Å². The lowest BCUT2D eigenvalue weighted by atomic mass is 10.3. The van der Waals surface area contributed by atoms with Crippen LogP contribution in [0.5, 0.6) is 0 Å². The number of rotatable bonds is 2. The highest BCUT2D eigenvalue weighted by Gasteiger charge is 2.18. The van der Waals surface area contributed by atoms with Crippen LogP contribution in [0.2, 0.25) is 10.0 Å². The van der Waals surface area contributed by atoms with Gasteiger partial charge in [-0.05, 0) is 17.7 Å². The van der Waals surface area contributed by atoms with Crippen LogP contribution in [0.1, 0.15) is 22.6 Å². The number of nitrogens with zero attached hydrogens (tertiary/aromatic N) is 1. The summed E-state index contributed by atoms with van der Waals surface area (Å²) in [6.07, 6.45) is -2.83. The first-order chi connectivity index (χ1) is 6.43. The molecule has 0 amide bonds. The SMILES string of the molecule is O=C(Cl)c1nc(C(F)F)cc(Cl)c1Cl. The maximum Gasteiger partial charge on any atom is 0.280 e. The summed E-state index contributed by atoms with van der Waals surface area (Å²) >= 11 is 16.1. The summed E-state index contributed by atoms with van der Waals surface area (Å²) in [4.78, 5) is 14.0. The van der Waals surface area contributed by atoms with Gasteiger partial charge >= 0.3 is 0 Å². The first-order valence-corrected chi connectivity index (χ1v) is 4.40. The summed E-state index contributed by atoms with van der Waals surface area (Å²) < 4.78 is 24.4. The van der Waals surface area contributed by atoms with Gasteiger partial charge < -0.3 is 0 Å². The molecule has 0 fully saturated rings. The monoisotopic (exact) mass is 259 g/mol. The molecule has 0 aliphatic carbocycles. The predicted octanol–water partition coefficient (Wildman–Crippen LogP) is 3.71. The number of hydrogen-bond donors (Lipinski definition) is 0. The second-order valence-electron chi connectivity index (χ2n) is 2.27. The molecule has 1 aromatic rings. The molecule has 1 heterocycles. The van der Waals surface area contributed by atoms with Crippen molar-refractivity contribution in [3.63, 3.8) is 0 Å². The quantitative estimate of drug-likeness (QED) is 0.759. The molecule has 7 heteroatoms. The van der Waals surface area contributed by atoms with Gasteiger partial charge in [-0.25, -0.2) is 13.8 Å². The maximum absolute atomic E-state index is 12.2. The molecule has 1 aromatic heterocycles. The van der Waals surface area contributed by atoms with E-state index >= 15 is 0 Å². The van der Waals surface area contributed by atoms with Crippen molar-refractivity contribution in [3.05, 3.63) is 27.5 Å². The minimum absolute atomic E-state index is 0.180. The molecule has 14 heavy (non-hydrogen) atoms. The molecule has 1 rings (SSSR count). The van der Waals surface area contributed by atoms with E-state index in [0.29, 0.717) is 0 Å². The lowest BCUT2D eigenvalue weighted by molar-refractivity contribution is 0.107. The third-order valence-electron chi connectivity index (χ3n) is 1.34. The van der Waals surface area contributed by atoms with Crippen molar-refractivity contribution >= 4 is 40.0 Å². The summed E-state index contributed by atoms with van der Waals surface area (Å²) in [7, 11) is 0. The summed E-state index contributed by atoms with van der Waals surface area (Å²) in [5.41, 5.74) is -1.10. The standard InChI is InChI=1S/C7H2Cl3F2NO/c8-2-1-3(7(11)12)13-5(4(2)9)6(10)14/h1,7H. The Bertz CT molecular complexity index is 383. The molecular formula is C7H2Cl3F2NO. The van der Waals surface area contributed by atoms with Crippen LogP contribution in [-0.4, -0.2) is 10.2 Å². The Labute approximate surface area is 92.8 Å². The van der Waals surface area contributed by atoms with Gasteiger partial charge in [-0.15, -0.1) is 0 Å². The van der Waals surface area contributed by atoms with Crippen LogP contribution in [0.4, 0.5) is 8.78 Å². The average molecular weight is 260 g/mol. The van der Waals surface area contributed by atoms with E-state index in [0.717, 1.165) is 6.07 Å². The molecule has 0 aromatic carbocycles.